The van der Waals surface area contributed by atoms with E-state index in [2.05, 4.69) is 21.7 Å². The second-order valence-electron chi connectivity index (χ2n) is 8.71. The highest BCUT2D eigenvalue weighted by Gasteiger charge is 2.43. The van der Waals surface area contributed by atoms with E-state index in [1.807, 2.05) is 24.3 Å². The van der Waals surface area contributed by atoms with Gasteiger partial charge in [0.15, 0.2) is 10.9 Å². The Morgan fingerprint density at radius 3 is 2.71 bits per heavy atom. The Kier molecular flexibility index (Phi) is 5.61. The maximum atomic E-state index is 11.7. The van der Waals surface area contributed by atoms with Crippen molar-refractivity contribution in [3.05, 3.63) is 53.8 Å². The predicted octanol–water partition coefficient (Wildman–Crippen LogP) is 5.61. The lowest BCUT2D eigenvalue weighted by Crippen LogP contribution is -2.23. The van der Waals surface area contributed by atoms with Crippen LogP contribution in [0.3, 0.4) is 0 Å². The molecule has 2 aliphatic carbocycles. The smallest absolute Gasteiger partial charge is 0.337 e. The average molecular weight is 438 g/mol. The molecule has 4 unspecified atom stereocenters. The Hall–Kier alpha value is -2.54. The van der Waals surface area contributed by atoms with Crippen molar-refractivity contribution in [2.45, 2.75) is 49.6 Å². The number of esters is 1. The molecular weight excluding hydrogens is 410 g/mol. The molecule has 4 atom stereocenters. The summed E-state index contributed by atoms with van der Waals surface area (Å²) >= 11 is 1.68. The molecule has 0 aliphatic heterocycles. The fourth-order valence-corrected chi connectivity index (χ4v) is 6.37. The van der Waals surface area contributed by atoms with Crippen LogP contribution in [0.5, 0.6) is 0 Å². The first-order chi connectivity index (χ1) is 15.1. The van der Waals surface area contributed by atoms with Gasteiger partial charge >= 0.3 is 5.97 Å². The van der Waals surface area contributed by atoms with Gasteiger partial charge in [-0.15, -0.1) is 10.2 Å². The number of carbonyl (C=O) groups excluding carboxylic acids is 1. The van der Waals surface area contributed by atoms with E-state index in [0.717, 1.165) is 39.9 Å². The van der Waals surface area contributed by atoms with Gasteiger partial charge in [0.1, 0.15) is 0 Å². The third-order valence-electron chi connectivity index (χ3n) is 6.97. The summed E-state index contributed by atoms with van der Waals surface area (Å²) in [4.78, 5) is 11.7. The SMILES string of the molecule is COC(=O)c1ccc(CSc2nnc(-c3ccco3)n2C(C)C2CC3CCC2C3)cc1. The van der Waals surface area contributed by atoms with E-state index in [9.17, 15) is 4.79 Å². The molecule has 2 saturated carbocycles. The van der Waals surface area contributed by atoms with Crippen LogP contribution in [0, 0.1) is 17.8 Å². The van der Waals surface area contributed by atoms with Crippen molar-refractivity contribution in [2.24, 2.45) is 17.8 Å². The number of carbonyl (C=O) groups is 1. The Labute approximate surface area is 186 Å². The molecule has 0 N–H and O–H groups in total. The van der Waals surface area contributed by atoms with Crippen molar-refractivity contribution in [1.82, 2.24) is 14.8 Å². The fourth-order valence-electron chi connectivity index (χ4n) is 5.40. The van der Waals surface area contributed by atoms with Crippen molar-refractivity contribution in [1.29, 1.82) is 0 Å². The summed E-state index contributed by atoms with van der Waals surface area (Å²) in [6, 6.07) is 11.7. The first-order valence-corrected chi connectivity index (χ1v) is 11.9. The number of nitrogens with zero attached hydrogens (tertiary/aromatic N) is 3. The lowest BCUT2D eigenvalue weighted by molar-refractivity contribution is 0.0600. The summed E-state index contributed by atoms with van der Waals surface area (Å²) in [7, 11) is 1.40. The largest absolute Gasteiger partial charge is 0.465 e. The number of rotatable bonds is 7. The van der Waals surface area contributed by atoms with Crippen molar-refractivity contribution in [2.75, 3.05) is 7.11 Å². The number of hydrogen-bond donors (Lipinski definition) is 0. The molecule has 0 radical (unpaired) electrons. The molecule has 3 aromatic rings. The number of aromatic nitrogens is 3. The zero-order chi connectivity index (χ0) is 21.4. The molecule has 2 bridgehead atoms. The normalized spacial score (nSPS) is 23.2. The Bertz CT molecular complexity index is 1040. The van der Waals surface area contributed by atoms with E-state index in [1.54, 1.807) is 30.2 Å². The van der Waals surface area contributed by atoms with Gasteiger partial charge in [-0.3, -0.25) is 4.57 Å². The summed E-state index contributed by atoms with van der Waals surface area (Å²) in [5, 5.41) is 9.97. The molecule has 5 rings (SSSR count). The average Bonchev–Trinajstić information content (AvgIpc) is 3.60. The molecule has 2 aromatic heterocycles. The minimum atomic E-state index is -0.318. The maximum absolute atomic E-state index is 11.7. The number of benzene rings is 1. The monoisotopic (exact) mass is 437 g/mol. The first-order valence-electron chi connectivity index (χ1n) is 10.9. The highest BCUT2D eigenvalue weighted by atomic mass is 32.2. The third-order valence-corrected chi connectivity index (χ3v) is 7.98. The molecule has 0 saturated heterocycles. The van der Waals surface area contributed by atoms with Crippen LogP contribution in [0.1, 0.15) is 54.6 Å². The molecular formula is C24H27N3O3S. The molecule has 0 spiro atoms. The minimum absolute atomic E-state index is 0.318. The highest BCUT2D eigenvalue weighted by Crippen LogP contribution is 2.53. The Morgan fingerprint density at radius 2 is 2.06 bits per heavy atom. The third kappa shape index (κ3) is 3.91. The molecule has 7 heteroatoms. The number of furan rings is 1. The number of fused-ring (bicyclic) bond motifs is 2. The zero-order valence-corrected chi connectivity index (χ0v) is 18.7. The van der Waals surface area contributed by atoms with Crippen LogP contribution in [0.25, 0.3) is 11.6 Å². The van der Waals surface area contributed by atoms with Gasteiger partial charge in [-0.25, -0.2) is 4.79 Å². The second-order valence-corrected chi connectivity index (χ2v) is 9.65. The van der Waals surface area contributed by atoms with Crippen LogP contribution in [0.15, 0.2) is 52.2 Å². The van der Waals surface area contributed by atoms with Crippen LogP contribution in [0.2, 0.25) is 0 Å². The van der Waals surface area contributed by atoms with Gasteiger partial charge in [-0.2, -0.15) is 0 Å². The maximum Gasteiger partial charge on any atom is 0.337 e. The standard InChI is InChI=1S/C24H27N3O3S/c1-15(20-13-17-7-10-19(20)12-17)27-22(21-4-3-11-30-21)25-26-24(27)31-14-16-5-8-18(9-6-16)23(28)29-2/h3-6,8-9,11,15,17,19-20H,7,10,12-14H2,1-2H3. The van der Waals surface area contributed by atoms with Crippen molar-refractivity contribution in [3.63, 3.8) is 0 Å². The number of thioether (sulfide) groups is 1. The second kappa shape index (κ2) is 8.54. The quantitative estimate of drug-likeness (QED) is 0.353. The molecule has 2 aliphatic rings. The lowest BCUT2D eigenvalue weighted by Gasteiger charge is -2.30. The molecule has 0 amide bonds. The van der Waals surface area contributed by atoms with Gasteiger partial charge < -0.3 is 9.15 Å². The number of methoxy groups -OCH3 is 1. The van der Waals surface area contributed by atoms with Crippen molar-refractivity contribution in [3.8, 4) is 11.6 Å². The molecule has 6 nitrogen and oxygen atoms in total. The van der Waals surface area contributed by atoms with Crippen LogP contribution >= 0.6 is 11.8 Å². The Morgan fingerprint density at radius 1 is 1.23 bits per heavy atom. The van der Waals surface area contributed by atoms with Crippen LogP contribution in [-0.2, 0) is 10.5 Å². The lowest BCUT2D eigenvalue weighted by atomic mass is 9.84. The van der Waals surface area contributed by atoms with E-state index < -0.39 is 0 Å². The van der Waals surface area contributed by atoms with Gasteiger partial charge in [0, 0.05) is 11.8 Å². The molecule has 162 valence electrons. The van der Waals surface area contributed by atoms with Gasteiger partial charge in [0.25, 0.3) is 0 Å². The molecule has 2 heterocycles. The summed E-state index contributed by atoms with van der Waals surface area (Å²) in [5.74, 6) is 4.38. The van der Waals surface area contributed by atoms with E-state index in [4.69, 9.17) is 9.15 Å². The van der Waals surface area contributed by atoms with E-state index in [-0.39, 0.29) is 5.97 Å². The minimum Gasteiger partial charge on any atom is -0.465 e. The summed E-state index contributed by atoms with van der Waals surface area (Å²) in [6.07, 6.45) is 7.12. The Balaban J connectivity index is 1.39. The molecule has 1 aromatic carbocycles. The summed E-state index contributed by atoms with van der Waals surface area (Å²) in [5.41, 5.74) is 1.68. The van der Waals surface area contributed by atoms with Crippen LogP contribution < -0.4 is 0 Å². The highest BCUT2D eigenvalue weighted by molar-refractivity contribution is 7.98. The van der Waals surface area contributed by atoms with Gasteiger partial charge in [0.2, 0.25) is 5.82 Å². The van der Waals surface area contributed by atoms with E-state index >= 15 is 0 Å². The first kappa shape index (κ1) is 20.4. The molecule has 31 heavy (non-hydrogen) atoms. The van der Waals surface area contributed by atoms with Gasteiger partial charge in [-0.1, -0.05) is 30.3 Å². The summed E-state index contributed by atoms with van der Waals surface area (Å²) < 4.78 is 12.8. The van der Waals surface area contributed by atoms with Crippen molar-refractivity contribution < 1.29 is 13.9 Å². The summed E-state index contributed by atoms with van der Waals surface area (Å²) in [6.45, 7) is 2.32. The fraction of sp³-hybridized carbons (Fsp3) is 0.458. The van der Waals surface area contributed by atoms with Crippen molar-refractivity contribution >= 4 is 17.7 Å². The topological polar surface area (TPSA) is 70.2 Å². The predicted molar refractivity (Wildman–Crippen MR) is 119 cm³/mol. The zero-order valence-electron chi connectivity index (χ0n) is 17.9. The van der Waals surface area contributed by atoms with Crippen LogP contribution in [0.4, 0.5) is 0 Å². The van der Waals surface area contributed by atoms with Gasteiger partial charge in [-0.05, 0) is 73.8 Å². The van der Waals surface area contributed by atoms with E-state index in [1.165, 1.54) is 32.8 Å². The van der Waals surface area contributed by atoms with Gasteiger partial charge in [0.05, 0.1) is 18.9 Å². The van der Waals surface area contributed by atoms with E-state index in [0.29, 0.717) is 17.5 Å². The number of ether oxygens (including phenoxy) is 1. The molecule has 2 fully saturated rings. The number of hydrogen-bond acceptors (Lipinski definition) is 6. The van der Waals surface area contributed by atoms with Crippen LogP contribution in [-0.4, -0.2) is 27.8 Å².